The molecular formula is C12H13NO4. The molecule has 0 bridgehead atoms. The van der Waals surface area contributed by atoms with Crippen LogP contribution in [-0.4, -0.2) is 30.9 Å². The first-order chi connectivity index (χ1) is 8.17. The Labute approximate surface area is 99.2 Å². The van der Waals surface area contributed by atoms with E-state index in [2.05, 4.69) is 0 Å². The van der Waals surface area contributed by atoms with Crippen LogP contribution in [0, 0.1) is 11.3 Å². The van der Waals surface area contributed by atoms with E-state index in [-0.39, 0.29) is 6.61 Å². The van der Waals surface area contributed by atoms with Crippen LogP contribution < -0.4 is 4.74 Å². The molecule has 17 heavy (non-hydrogen) atoms. The summed E-state index contributed by atoms with van der Waals surface area (Å²) in [5.74, 6) is -0.635. The number of rotatable bonds is 6. The zero-order valence-corrected chi connectivity index (χ0v) is 9.42. The number of aliphatic carboxylic acids is 1. The number of hydrogen-bond acceptors (Lipinski definition) is 4. The molecule has 0 spiro atoms. The van der Waals surface area contributed by atoms with Crippen LogP contribution in [0.15, 0.2) is 24.3 Å². The van der Waals surface area contributed by atoms with Crippen LogP contribution in [-0.2, 0) is 16.0 Å². The number of nitriles is 1. The predicted molar refractivity (Wildman–Crippen MR) is 59.7 cm³/mol. The number of nitrogens with zero attached hydrogens (tertiary/aromatic N) is 1. The third-order valence-electron chi connectivity index (χ3n) is 2.08. The molecule has 0 aliphatic carbocycles. The monoisotopic (exact) mass is 235 g/mol. The Bertz CT molecular complexity index is 408. The molecule has 0 radical (unpaired) electrons. The van der Waals surface area contributed by atoms with Crippen LogP contribution >= 0.6 is 0 Å². The molecule has 90 valence electrons. The standard InChI is InChI=1S/C12H13NO4/c1-16-8-11(12(14)15)17-10-4-2-9(3-5-10)6-7-13/h2-5,11H,6,8H2,1H3,(H,14,15). The van der Waals surface area contributed by atoms with E-state index in [1.165, 1.54) is 7.11 Å². The largest absolute Gasteiger partial charge is 0.478 e. The molecule has 0 saturated carbocycles. The second kappa shape index (κ2) is 6.51. The first-order valence-electron chi connectivity index (χ1n) is 5.01. The van der Waals surface area contributed by atoms with E-state index in [0.717, 1.165) is 5.56 Å². The molecule has 0 saturated heterocycles. The lowest BCUT2D eigenvalue weighted by Gasteiger charge is -2.14. The summed E-state index contributed by atoms with van der Waals surface area (Å²) in [5.41, 5.74) is 0.860. The van der Waals surface area contributed by atoms with Crippen molar-refractivity contribution >= 4 is 5.97 Å². The van der Waals surface area contributed by atoms with Gasteiger partial charge in [-0.2, -0.15) is 5.26 Å². The van der Waals surface area contributed by atoms with Crippen molar-refractivity contribution in [3.8, 4) is 11.8 Å². The van der Waals surface area contributed by atoms with Crippen molar-refractivity contribution in [1.82, 2.24) is 0 Å². The highest BCUT2D eigenvalue weighted by molar-refractivity contribution is 5.72. The zero-order chi connectivity index (χ0) is 12.7. The number of carboxylic acid groups (broad SMARTS) is 1. The number of ether oxygens (including phenoxy) is 2. The number of hydrogen-bond donors (Lipinski definition) is 1. The van der Waals surface area contributed by atoms with Crippen LogP contribution in [0.2, 0.25) is 0 Å². The third-order valence-corrected chi connectivity index (χ3v) is 2.08. The summed E-state index contributed by atoms with van der Waals surface area (Å²) in [7, 11) is 1.41. The average Bonchev–Trinajstić information content (AvgIpc) is 2.31. The molecule has 1 atom stereocenters. The molecule has 0 aliphatic heterocycles. The van der Waals surface area contributed by atoms with Gasteiger partial charge in [0.05, 0.1) is 19.1 Å². The molecule has 0 aromatic heterocycles. The lowest BCUT2D eigenvalue weighted by molar-refractivity contribution is -0.147. The van der Waals surface area contributed by atoms with Crippen molar-refractivity contribution in [3.05, 3.63) is 29.8 Å². The summed E-state index contributed by atoms with van der Waals surface area (Å²) in [6.45, 7) is -0.0186. The van der Waals surface area contributed by atoms with Crippen LogP contribution in [0.5, 0.6) is 5.75 Å². The Morgan fingerprint density at radius 2 is 2.12 bits per heavy atom. The summed E-state index contributed by atoms with van der Waals surface area (Å²) in [5, 5.41) is 17.4. The molecule has 1 N–H and O–H groups in total. The van der Waals surface area contributed by atoms with E-state index in [1.807, 2.05) is 6.07 Å². The van der Waals surface area contributed by atoms with Gasteiger partial charge >= 0.3 is 5.97 Å². The number of methoxy groups -OCH3 is 1. The lowest BCUT2D eigenvalue weighted by atomic mass is 10.2. The highest BCUT2D eigenvalue weighted by atomic mass is 16.5. The second-order valence-electron chi connectivity index (χ2n) is 3.38. The first kappa shape index (κ1) is 13.0. The van der Waals surface area contributed by atoms with Crippen LogP contribution in [0.1, 0.15) is 5.56 Å². The molecule has 1 rings (SSSR count). The number of benzene rings is 1. The SMILES string of the molecule is COCC(Oc1ccc(CC#N)cc1)C(=O)O. The van der Waals surface area contributed by atoms with E-state index < -0.39 is 12.1 Å². The van der Waals surface area contributed by atoms with Crippen LogP contribution in [0.3, 0.4) is 0 Å². The van der Waals surface area contributed by atoms with Gasteiger partial charge in [0, 0.05) is 7.11 Å². The summed E-state index contributed by atoms with van der Waals surface area (Å²) < 4.78 is 9.99. The molecule has 1 aromatic rings. The van der Waals surface area contributed by atoms with Gasteiger partial charge in [-0.05, 0) is 17.7 Å². The third kappa shape index (κ3) is 4.13. The minimum Gasteiger partial charge on any atom is -0.478 e. The zero-order valence-electron chi connectivity index (χ0n) is 9.42. The van der Waals surface area contributed by atoms with Gasteiger partial charge in [0.25, 0.3) is 0 Å². The molecule has 0 fully saturated rings. The Kier molecular flexibility index (Phi) is 4.98. The quantitative estimate of drug-likeness (QED) is 0.802. The van der Waals surface area contributed by atoms with Gasteiger partial charge in [-0.1, -0.05) is 12.1 Å². The van der Waals surface area contributed by atoms with Gasteiger partial charge in [-0.3, -0.25) is 0 Å². The molecule has 5 nitrogen and oxygen atoms in total. The highest BCUT2D eigenvalue weighted by Crippen LogP contribution is 2.14. The molecule has 0 aliphatic rings. The summed E-state index contributed by atoms with van der Waals surface area (Å²) in [4.78, 5) is 10.8. The number of carboxylic acids is 1. The lowest BCUT2D eigenvalue weighted by Crippen LogP contribution is -2.31. The van der Waals surface area contributed by atoms with E-state index >= 15 is 0 Å². The van der Waals surface area contributed by atoms with Crippen molar-refractivity contribution in [1.29, 1.82) is 5.26 Å². The maximum atomic E-state index is 10.8. The van der Waals surface area contributed by atoms with Crippen molar-refractivity contribution < 1.29 is 19.4 Å². The Hall–Kier alpha value is -2.06. The Morgan fingerprint density at radius 3 is 2.59 bits per heavy atom. The van der Waals surface area contributed by atoms with Gasteiger partial charge in [0.2, 0.25) is 6.10 Å². The summed E-state index contributed by atoms with van der Waals surface area (Å²) in [6.07, 6.45) is -0.706. The Morgan fingerprint density at radius 1 is 1.47 bits per heavy atom. The highest BCUT2D eigenvalue weighted by Gasteiger charge is 2.18. The average molecular weight is 235 g/mol. The maximum absolute atomic E-state index is 10.8. The van der Waals surface area contributed by atoms with Gasteiger partial charge in [0.1, 0.15) is 5.75 Å². The van der Waals surface area contributed by atoms with Gasteiger partial charge in [-0.25, -0.2) is 4.79 Å². The predicted octanol–water partition coefficient (Wildman–Crippen LogP) is 1.23. The summed E-state index contributed by atoms with van der Waals surface area (Å²) >= 11 is 0. The second-order valence-corrected chi connectivity index (χ2v) is 3.38. The molecular weight excluding hydrogens is 222 g/mol. The van der Waals surface area contributed by atoms with Crippen LogP contribution in [0.25, 0.3) is 0 Å². The van der Waals surface area contributed by atoms with Gasteiger partial charge in [0.15, 0.2) is 0 Å². The van der Waals surface area contributed by atoms with E-state index in [1.54, 1.807) is 24.3 Å². The minimum absolute atomic E-state index is 0.0186. The molecule has 0 heterocycles. The van der Waals surface area contributed by atoms with Crippen molar-refractivity contribution in [2.75, 3.05) is 13.7 Å². The fourth-order valence-electron chi connectivity index (χ4n) is 1.25. The maximum Gasteiger partial charge on any atom is 0.347 e. The van der Waals surface area contributed by atoms with E-state index in [0.29, 0.717) is 12.2 Å². The minimum atomic E-state index is -1.08. The van der Waals surface area contributed by atoms with Crippen molar-refractivity contribution in [2.45, 2.75) is 12.5 Å². The van der Waals surface area contributed by atoms with Crippen LogP contribution in [0.4, 0.5) is 0 Å². The van der Waals surface area contributed by atoms with Crippen molar-refractivity contribution in [2.24, 2.45) is 0 Å². The Balaban J connectivity index is 2.67. The molecule has 5 heteroatoms. The first-order valence-corrected chi connectivity index (χ1v) is 5.01. The van der Waals surface area contributed by atoms with E-state index in [9.17, 15) is 4.79 Å². The normalized spacial score (nSPS) is 11.5. The molecule has 1 aromatic carbocycles. The molecule has 0 amide bonds. The molecule has 1 unspecified atom stereocenters. The van der Waals surface area contributed by atoms with Crippen molar-refractivity contribution in [3.63, 3.8) is 0 Å². The topological polar surface area (TPSA) is 79.5 Å². The number of carbonyl (C=O) groups is 1. The van der Waals surface area contributed by atoms with E-state index in [4.69, 9.17) is 19.8 Å². The smallest absolute Gasteiger partial charge is 0.347 e. The fraction of sp³-hybridized carbons (Fsp3) is 0.333. The van der Waals surface area contributed by atoms with Gasteiger partial charge < -0.3 is 14.6 Å². The fourth-order valence-corrected chi connectivity index (χ4v) is 1.25. The summed E-state index contributed by atoms with van der Waals surface area (Å²) in [6, 6.07) is 8.76. The van der Waals surface area contributed by atoms with Gasteiger partial charge in [-0.15, -0.1) is 0 Å².